The molecule has 1 unspecified atom stereocenters. The highest BCUT2D eigenvalue weighted by molar-refractivity contribution is 7.09. The van der Waals surface area contributed by atoms with Gasteiger partial charge in [-0.1, -0.05) is 6.92 Å². The van der Waals surface area contributed by atoms with Crippen LogP contribution >= 0.6 is 11.3 Å². The van der Waals surface area contributed by atoms with Gasteiger partial charge in [-0.3, -0.25) is 4.79 Å². The highest BCUT2D eigenvalue weighted by atomic mass is 32.1. The third-order valence-corrected chi connectivity index (χ3v) is 4.08. The van der Waals surface area contributed by atoms with Gasteiger partial charge in [-0.2, -0.15) is 0 Å². The predicted molar refractivity (Wildman–Crippen MR) is 73.2 cm³/mol. The SMILES string of the molecule is CCC(C)(CN)C(=O)NCCc1nc(C(=O)O)cs1. The number of nitrogens with zero attached hydrogens (tertiary/aromatic N) is 1. The molecule has 1 rings (SSSR count). The second-order valence-electron chi connectivity index (χ2n) is 4.56. The molecule has 1 heterocycles. The van der Waals surface area contributed by atoms with E-state index >= 15 is 0 Å². The summed E-state index contributed by atoms with van der Waals surface area (Å²) in [7, 11) is 0. The van der Waals surface area contributed by atoms with Crippen LogP contribution in [-0.4, -0.2) is 35.1 Å². The Morgan fingerprint density at radius 3 is 2.74 bits per heavy atom. The lowest BCUT2D eigenvalue weighted by molar-refractivity contribution is -0.129. The number of nitrogens with one attached hydrogen (secondary N) is 1. The standard InChI is InChI=1S/C12H19N3O3S/c1-3-12(2,7-13)11(18)14-5-4-9-15-8(6-19-9)10(16)17/h6H,3-5,7,13H2,1-2H3,(H,14,18)(H,16,17). The fraction of sp³-hybridized carbons (Fsp3) is 0.583. The molecule has 1 atom stereocenters. The zero-order chi connectivity index (χ0) is 14.5. The highest BCUT2D eigenvalue weighted by Crippen LogP contribution is 2.19. The Morgan fingerprint density at radius 1 is 1.58 bits per heavy atom. The summed E-state index contributed by atoms with van der Waals surface area (Å²) in [5, 5.41) is 13.7. The molecular formula is C12H19N3O3S. The second-order valence-corrected chi connectivity index (χ2v) is 5.50. The molecule has 1 aromatic heterocycles. The summed E-state index contributed by atoms with van der Waals surface area (Å²) in [5.74, 6) is -1.11. The number of hydrogen-bond acceptors (Lipinski definition) is 5. The zero-order valence-corrected chi connectivity index (χ0v) is 11.9. The van der Waals surface area contributed by atoms with Crippen molar-refractivity contribution in [1.82, 2.24) is 10.3 Å². The van der Waals surface area contributed by atoms with Crippen molar-refractivity contribution in [3.8, 4) is 0 Å². The normalized spacial score (nSPS) is 13.8. The molecule has 7 heteroatoms. The van der Waals surface area contributed by atoms with Crippen molar-refractivity contribution in [2.45, 2.75) is 26.7 Å². The Labute approximate surface area is 116 Å². The molecule has 0 aromatic carbocycles. The van der Waals surface area contributed by atoms with Gasteiger partial charge in [-0.25, -0.2) is 9.78 Å². The second kappa shape index (κ2) is 6.63. The first kappa shape index (κ1) is 15.6. The highest BCUT2D eigenvalue weighted by Gasteiger charge is 2.29. The van der Waals surface area contributed by atoms with Gasteiger partial charge in [-0.05, 0) is 13.3 Å². The van der Waals surface area contributed by atoms with E-state index in [0.29, 0.717) is 30.9 Å². The van der Waals surface area contributed by atoms with E-state index in [1.54, 1.807) is 0 Å². The first-order chi connectivity index (χ1) is 8.92. The number of rotatable bonds is 7. The molecule has 0 spiro atoms. The topological polar surface area (TPSA) is 105 Å². The summed E-state index contributed by atoms with van der Waals surface area (Å²) in [6.45, 7) is 4.48. The van der Waals surface area contributed by atoms with Crippen LogP contribution in [0, 0.1) is 5.41 Å². The van der Waals surface area contributed by atoms with Gasteiger partial charge >= 0.3 is 5.97 Å². The minimum Gasteiger partial charge on any atom is -0.476 e. The van der Waals surface area contributed by atoms with Crippen LogP contribution in [0.15, 0.2) is 5.38 Å². The van der Waals surface area contributed by atoms with Gasteiger partial charge in [0, 0.05) is 24.9 Å². The molecule has 19 heavy (non-hydrogen) atoms. The van der Waals surface area contributed by atoms with E-state index in [1.165, 1.54) is 16.7 Å². The van der Waals surface area contributed by atoms with Crippen molar-refractivity contribution in [2.24, 2.45) is 11.1 Å². The van der Waals surface area contributed by atoms with Crippen LogP contribution in [0.5, 0.6) is 0 Å². The number of aromatic nitrogens is 1. The lowest BCUT2D eigenvalue weighted by Crippen LogP contribution is -2.44. The molecule has 0 bridgehead atoms. The number of carbonyl (C=O) groups is 2. The van der Waals surface area contributed by atoms with Crippen LogP contribution in [0.1, 0.15) is 35.8 Å². The molecule has 0 radical (unpaired) electrons. The molecule has 0 saturated carbocycles. The number of carbonyl (C=O) groups excluding carboxylic acids is 1. The first-order valence-corrected chi connectivity index (χ1v) is 6.97. The molecule has 0 saturated heterocycles. The largest absolute Gasteiger partial charge is 0.476 e. The Hall–Kier alpha value is -1.47. The van der Waals surface area contributed by atoms with Crippen LogP contribution in [0.2, 0.25) is 0 Å². The first-order valence-electron chi connectivity index (χ1n) is 6.09. The molecule has 0 aliphatic carbocycles. The Bertz CT molecular complexity index is 455. The summed E-state index contributed by atoms with van der Waals surface area (Å²) in [5.41, 5.74) is 5.10. The molecule has 1 amide bonds. The summed E-state index contributed by atoms with van der Waals surface area (Å²) in [6, 6.07) is 0. The molecule has 0 aliphatic rings. The van der Waals surface area contributed by atoms with Crippen molar-refractivity contribution in [3.05, 3.63) is 16.1 Å². The van der Waals surface area contributed by atoms with Crippen molar-refractivity contribution >= 4 is 23.2 Å². The molecule has 0 fully saturated rings. The molecule has 6 nitrogen and oxygen atoms in total. The minimum atomic E-state index is -1.03. The molecule has 1 aromatic rings. The number of thiazole rings is 1. The number of carboxylic acids is 1. The van der Waals surface area contributed by atoms with Gasteiger partial charge in [0.1, 0.15) is 0 Å². The van der Waals surface area contributed by atoms with E-state index in [2.05, 4.69) is 10.3 Å². The van der Waals surface area contributed by atoms with E-state index in [1.807, 2.05) is 13.8 Å². The van der Waals surface area contributed by atoms with Gasteiger partial charge < -0.3 is 16.2 Å². The number of nitrogens with two attached hydrogens (primary N) is 1. The van der Waals surface area contributed by atoms with Crippen molar-refractivity contribution in [2.75, 3.05) is 13.1 Å². The Balaban J connectivity index is 2.45. The fourth-order valence-corrected chi connectivity index (χ4v) is 2.19. The number of carboxylic acid groups (broad SMARTS) is 1. The Kier molecular flexibility index (Phi) is 5.44. The monoisotopic (exact) mass is 285 g/mol. The minimum absolute atomic E-state index is 0.0479. The molecule has 0 aliphatic heterocycles. The van der Waals surface area contributed by atoms with Gasteiger partial charge in [0.15, 0.2) is 5.69 Å². The van der Waals surface area contributed by atoms with Crippen LogP contribution in [0.3, 0.4) is 0 Å². The molecule has 4 N–H and O–H groups in total. The smallest absolute Gasteiger partial charge is 0.355 e. The zero-order valence-electron chi connectivity index (χ0n) is 11.1. The van der Waals surface area contributed by atoms with Crippen LogP contribution in [0.4, 0.5) is 0 Å². The quantitative estimate of drug-likeness (QED) is 0.689. The molecule has 106 valence electrons. The summed E-state index contributed by atoms with van der Waals surface area (Å²) < 4.78 is 0. The van der Waals surface area contributed by atoms with E-state index in [0.717, 1.165) is 0 Å². The van der Waals surface area contributed by atoms with Crippen molar-refractivity contribution in [3.63, 3.8) is 0 Å². The average molecular weight is 285 g/mol. The fourth-order valence-electron chi connectivity index (χ4n) is 1.42. The van der Waals surface area contributed by atoms with E-state index in [9.17, 15) is 9.59 Å². The van der Waals surface area contributed by atoms with E-state index < -0.39 is 11.4 Å². The average Bonchev–Trinajstić information content (AvgIpc) is 2.86. The third kappa shape index (κ3) is 4.00. The van der Waals surface area contributed by atoms with Gasteiger partial charge in [0.05, 0.1) is 10.4 Å². The van der Waals surface area contributed by atoms with Gasteiger partial charge in [0.2, 0.25) is 5.91 Å². The van der Waals surface area contributed by atoms with Crippen LogP contribution in [0.25, 0.3) is 0 Å². The lowest BCUT2D eigenvalue weighted by atomic mass is 9.87. The summed E-state index contributed by atoms with van der Waals surface area (Å²) >= 11 is 1.28. The lowest BCUT2D eigenvalue weighted by Gasteiger charge is -2.24. The van der Waals surface area contributed by atoms with E-state index in [-0.39, 0.29) is 11.6 Å². The number of hydrogen-bond donors (Lipinski definition) is 3. The number of amides is 1. The summed E-state index contributed by atoms with van der Waals surface area (Å²) in [6.07, 6.45) is 1.20. The maximum Gasteiger partial charge on any atom is 0.355 e. The van der Waals surface area contributed by atoms with Crippen molar-refractivity contribution in [1.29, 1.82) is 0 Å². The van der Waals surface area contributed by atoms with Crippen LogP contribution < -0.4 is 11.1 Å². The summed E-state index contributed by atoms with van der Waals surface area (Å²) in [4.78, 5) is 26.5. The van der Waals surface area contributed by atoms with Crippen LogP contribution in [-0.2, 0) is 11.2 Å². The maximum atomic E-state index is 11.9. The number of aromatic carboxylic acids is 1. The maximum absolute atomic E-state index is 11.9. The predicted octanol–water partition coefficient (Wildman–Crippen LogP) is 0.875. The van der Waals surface area contributed by atoms with Gasteiger partial charge in [0.25, 0.3) is 0 Å². The Morgan fingerprint density at radius 2 is 2.26 bits per heavy atom. The molecular weight excluding hydrogens is 266 g/mol. The van der Waals surface area contributed by atoms with Crippen molar-refractivity contribution < 1.29 is 14.7 Å². The van der Waals surface area contributed by atoms with E-state index in [4.69, 9.17) is 10.8 Å². The third-order valence-electron chi connectivity index (χ3n) is 3.17. The van der Waals surface area contributed by atoms with Gasteiger partial charge in [-0.15, -0.1) is 11.3 Å².